The van der Waals surface area contributed by atoms with Crippen LogP contribution in [0.2, 0.25) is 0 Å². The minimum atomic E-state index is 0.287. The van der Waals surface area contributed by atoms with Gasteiger partial charge in [-0.3, -0.25) is 0 Å². The summed E-state index contributed by atoms with van der Waals surface area (Å²) in [6.45, 7) is 5.31. The highest BCUT2D eigenvalue weighted by Crippen LogP contribution is 2.32. The number of aliphatic imine (C=N–C) groups is 1. The molecule has 2 N–H and O–H groups in total. The fourth-order valence-electron chi connectivity index (χ4n) is 3.06. The van der Waals surface area contributed by atoms with E-state index >= 15 is 0 Å². The monoisotopic (exact) mass is 342 g/mol. The first-order valence-electron chi connectivity index (χ1n) is 8.65. The lowest BCUT2D eigenvalue weighted by molar-refractivity contribution is 0.174. The van der Waals surface area contributed by atoms with Gasteiger partial charge in [-0.25, -0.2) is 4.99 Å². The van der Waals surface area contributed by atoms with Gasteiger partial charge < -0.3 is 24.7 Å². The van der Waals surface area contributed by atoms with Crippen LogP contribution in [0, 0.1) is 0 Å². The van der Waals surface area contributed by atoms with Crippen LogP contribution in [-0.2, 0) is 26.1 Å². The SMILES string of the molecule is CCNC(=NCc1ccc2c(c1)OCO2)NCc1nnc2n1CCC2. The number of hydrogen-bond donors (Lipinski definition) is 2. The van der Waals surface area contributed by atoms with Crippen LogP contribution in [0.25, 0.3) is 0 Å². The normalized spacial score (nSPS) is 15.3. The van der Waals surface area contributed by atoms with Gasteiger partial charge in [0.15, 0.2) is 23.3 Å². The van der Waals surface area contributed by atoms with Crippen LogP contribution in [0.5, 0.6) is 11.5 Å². The molecule has 1 aromatic carbocycles. The molecule has 0 fully saturated rings. The average molecular weight is 342 g/mol. The molecule has 0 atom stereocenters. The molecule has 1 aromatic heterocycles. The molecule has 2 aliphatic heterocycles. The molecule has 132 valence electrons. The fraction of sp³-hybridized carbons (Fsp3) is 0.471. The molecular weight excluding hydrogens is 320 g/mol. The average Bonchev–Trinajstić information content (AvgIpc) is 3.33. The molecule has 4 rings (SSSR count). The summed E-state index contributed by atoms with van der Waals surface area (Å²) >= 11 is 0. The van der Waals surface area contributed by atoms with Gasteiger partial charge in [0.25, 0.3) is 0 Å². The molecule has 8 heteroatoms. The number of guanidine groups is 1. The van der Waals surface area contributed by atoms with Crippen molar-refractivity contribution in [2.75, 3.05) is 13.3 Å². The van der Waals surface area contributed by atoms with Gasteiger partial charge in [0.2, 0.25) is 6.79 Å². The van der Waals surface area contributed by atoms with Crippen molar-refractivity contribution in [1.82, 2.24) is 25.4 Å². The summed E-state index contributed by atoms with van der Waals surface area (Å²) in [6, 6.07) is 5.90. The largest absolute Gasteiger partial charge is 0.454 e. The molecular formula is C17H22N6O2. The molecule has 2 aliphatic rings. The van der Waals surface area contributed by atoms with Gasteiger partial charge in [-0.15, -0.1) is 10.2 Å². The zero-order valence-electron chi connectivity index (χ0n) is 14.3. The molecule has 0 unspecified atom stereocenters. The van der Waals surface area contributed by atoms with Gasteiger partial charge in [-0.05, 0) is 31.0 Å². The number of fused-ring (bicyclic) bond motifs is 2. The number of hydrogen-bond acceptors (Lipinski definition) is 5. The highest BCUT2D eigenvalue weighted by Gasteiger charge is 2.17. The predicted molar refractivity (Wildman–Crippen MR) is 92.6 cm³/mol. The van der Waals surface area contributed by atoms with Gasteiger partial charge in [0.05, 0.1) is 13.1 Å². The van der Waals surface area contributed by atoms with Crippen molar-refractivity contribution in [3.05, 3.63) is 35.4 Å². The van der Waals surface area contributed by atoms with Gasteiger partial charge in [0.1, 0.15) is 5.82 Å². The van der Waals surface area contributed by atoms with E-state index in [-0.39, 0.29) is 6.79 Å². The molecule has 2 aromatic rings. The highest BCUT2D eigenvalue weighted by molar-refractivity contribution is 5.79. The number of aryl methyl sites for hydroxylation is 1. The van der Waals surface area contributed by atoms with E-state index in [9.17, 15) is 0 Å². The van der Waals surface area contributed by atoms with Crippen molar-refractivity contribution in [2.24, 2.45) is 4.99 Å². The lowest BCUT2D eigenvalue weighted by Gasteiger charge is -2.11. The summed E-state index contributed by atoms with van der Waals surface area (Å²) in [5.41, 5.74) is 1.07. The van der Waals surface area contributed by atoms with Crippen LogP contribution in [0.1, 0.15) is 30.6 Å². The summed E-state index contributed by atoms with van der Waals surface area (Å²) < 4.78 is 12.9. The number of aromatic nitrogens is 3. The molecule has 0 radical (unpaired) electrons. The lowest BCUT2D eigenvalue weighted by Crippen LogP contribution is -2.37. The van der Waals surface area contributed by atoms with Crippen molar-refractivity contribution >= 4 is 5.96 Å². The van der Waals surface area contributed by atoms with Gasteiger partial charge >= 0.3 is 0 Å². The van der Waals surface area contributed by atoms with Crippen molar-refractivity contribution in [3.63, 3.8) is 0 Å². The Morgan fingerprint density at radius 3 is 3.08 bits per heavy atom. The smallest absolute Gasteiger partial charge is 0.231 e. The highest BCUT2D eigenvalue weighted by atomic mass is 16.7. The maximum Gasteiger partial charge on any atom is 0.231 e. The third-order valence-electron chi connectivity index (χ3n) is 4.30. The maximum atomic E-state index is 5.41. The molecule has 0 spiro atoms. The van der Waals surface area contributed by atoms with Crippen LogP contribution in [0.3, 0.4) is 0 Å². The zero-order chi connectivity index (χ0) is 17.1. The summed E-state index contributed by atoms with van der Waals surface area (Å²) in [5.74, 6) is 4.37. The quantitative estimate of drug-likeness (QED) is 0.627. The van der Waals surface area contributed by atoms with E-state index in [0.717, 1.165) is 60.6 Å². The van der Waals surface area contributed by atoms with Gasteiger partial charge in [0, 0.05) is 19.5 Å². The number of ether oxygens (including phenoxy) is 2. The summed E-state index contributed by atoms with van der Waals surface area (Å²) in [7, 11) is 0. The van der Waals surface area contributed by atoms with Gasteiger partial charge in [-0.2, -0.15) is 0 Å². The lowest BCUT2D eigenvalue weighted by atomic mass is 10.2. The molecule has 0 bridgehead atoms. The Balaban J connectivity index is 1.40. The topological polar surface area (TPSA) is 85.6 Å². The van der Waals surface area contributed by atoms with Crippen LogP contribution < -0.4 is 20.1 Å². The van der Waals surface area contributed by atoms with E-state index in [1.165, 1.54) is 0 Å². The van der Waals surface area contributed by atoms with Gasteiger partial charge in [-0.1, -0.05) is 6.07 Å². The first-order chi connectivity index (χ1) is 12.3. The van der Waals surface area contributed by atoms with Crippen LogP contribution in [0.4, 0.5) is 0 Å². The fourth-order valence-corrected chi connectivity index (χ4v) is 3.06. The predicted octanol–water partition coefficient (Wildman–Crippen LogP) is 1.21. The van der Waals surface area contributed by atoms with E-state index in [0.29, 0.717) is 13.1 Å². The van der Waals surface area contributed by atoms with Crippen LogP contribution >= 0.6 is 0 Å². The Bertz CT molecular complexity index is 785. The van der Waals surface area contributed by atoms with E-state index < -0.39 is 0 Å². The third kappa shape index (κ3) is 3.38. The van der Waals surface area contributed by atoms with E-state index in [4.69, 9.17) is 9.47 Å². The Labute approximate surface area is 146 Å². The number of benzene rings is 1. The summed E-state index contributed by atoms with van der Waals surface area (Å²) in [6.07, 6.45) is 2.17. The van der Waals surface area contributed by atoms with Crippen molar-refractivity contribution in [1.29, 1.82) is 0 Å². The van der Waals surface area contributed by atoms with Crippen LogP contribution in [-0.4, -0.2) is 34.1 Å². The summed E-state index contributed by atoms with van der Waals surface area (Å²) in [5, 5.41) is 15.1. The minimum absolute atomic E-state index is 0.287. The second-order valence-electron chi connectivity index (χ2n) is 6.02. The number of rotatable bonds is 5. The second kappa shape index (κ2) is 7.00. The van der Waals surface area contributed by atoms with E-state index in [2.05, 4.69) is 30.4 Å². The summed E-state index contributed by atoms with van der Waals surface area (Å²) in [4.78, 5) is 4.64. The molecule has 3 heterocycles. The maximum absolute atomic E-state index is 5.41. The standard InChI is InChI=1S/C17H22N6O2/c1-2-18-17(20-10-16-22-21-15-4-3-7-23(15)16)19-9-12-5-6-13-14(8-12)25-11-24-13/h5-6,8H,2-4,7,9-11H2,1H3,(H2,18,19,20). The van der Waals surface area contributed by atoms with Crippen molar-refractivity contribution in [2.45, 2.75) is 39.4 Å². The molecule has 0 amide bonds. The molecule has 25 heavy (non-hydrogen) atoms. The minimum Gasteiger partial charge on any atom is -0.454 e. The molecule has 0 saturated carbocycles. The number of nitrogens with one attached hydrogen (secondary N) is 2. The second-order valence-corrected chi connectivity index (χ2v) is 6.02. The van der Waals surface area contributed by atoms with E-state index in [1.807, 2.05) is 25.1 Å². The Kier molecular flexibility index (Phi) is 4.41. The molecule has 0 aliphatic carbocycles. The Morgan fingerprint density at radius 1 is 1.24 bits per heavy atom. The molecule has 0 saturated heterocycles. The zero-order valence-corrected chi connectivity index (χ0v) is 14.3. The van der Waals surface area contributed by atoms with E-state index in [1.54, 1.807) is 0 Å². The van der Waals surface area contributed by atoms with Crippen molar-refractivity contribution < 1.29 is 9.47 Å². The Morgan fingerprint density at radius 2 is 2.16 bits per heavy atom. The Hall–Kier alpha value is -2.77. The first-order valence-corrected chi connectivity index (χ1v) is 8.65. The first kappa shape index (κ1) is 15.7. The number of nitrogens with zero attached hydrogens (tertiary/aromatic N) is 4. The third-order valence-corrected chi connectivity index (χ3v) is 4.30. The van der Waals surface area contributed by atoms with Crippen molar-refractivity contribution in [3.8, 4) is 11.5 Å². The molecule has 8 nitrogen and oxygen atoms in total. The van der Waals surface area contributed by atoms with Crippen LogP contribution in [0.15, 0.2) is 23.2 Å².